The number of amides is 3. The van der Waals surface area contributed by atoms with Gasteiger partial charge in [-0.2, -0.15) is 0 Å². The van der Waals surface area contributed by atoms with Gasteiger partial charge in [0.2, 0.25) is 22.7 Å². The van der Waals surface area contributed by atoms with E-state index in [-0.39, 0.29) is 40.6 Å². The first-order valence-corrected chi connectivity index (χ1v) is 12.5. The van der Waals surface area contributed by atoms with Crippen LogP contribution in [0.25, 0.3) is 0 Å². The highest BCUT2D eigenvalue weighted by Crippen LogP contribution is 2.34. The standard InChI is InChI=1S/C25H25N5O5S/c1-15(16-5-3-2-4-6-16)26-21(31)17-9-11-30(12-10-17)25(33)24-29-28-23(36-24)22(32)27-18-7-8-19-20(13-18)35-14-34-19/h2-8,13,15,17H,9-12,14H2,1H3,(H,26,31)(H,27,32)/t15-/m0/s1. The zero-order valence-electron chi connectivity index (χ0n) is 19.6. The highest BCUT2D eigenvalue weighted by molar-refractivity contribution is 7.15. The molecule has 1 saturated heterocycles. The highest BCUT2D eigenvalue weighted by Gasteiger charge is 2.30. The molecule has 0 aliphatic carbocycles. The summed E-state index contributed by atoms with van der Waals surface area (Å²) < 4.78 is 10.6. The van der Waals surface area contributed by atoms with Crippen LogP contribution >= 0.6 is 11.3 Å². The number of aromatic nitrogens is 2. The van der Waals surface area contributed by atoms with Crippen molar-refractivity contribution >= 4 is 34.7 Å². The number of carbonyl (C=O) groups excluding carboxylic acids is 3. The Kier molecular flexibility index (Phi) is 6.81. The fourth-order valence-corrected chi connectivity index (χ4v) is 4.90. The van der Waals surface area contributed by atoms with Crippen LogP contribution in [-0.2, 0) is 4.79 Å². The smallest absolute Gasteiger partial charge is 0.286 e. The van der Waals surface area contributed by atoms with Crippen molar-refractivity contribution in [2.75, 3.05) is 25.2 Å². The van der Waals surface area contributed by atoms with Crippen molar-refractivity contribution in [2.45, 2.75) is 25.8 Å². The van der Waals surface area contributed by atoms with Crippen LogP contribution in [0, 0.1) is 5.92 Å². The number of hydrogen-bond donors (Lipinski definition) is 2. The van der Waals surface area contributed by atoms with Crippen LogP contribution in [0.5, 0.6) is 11.5 Å². The molecule has 3 heterocycles. The van der Waals surface area contributed by atoms with E-state index in [9.17, 15) is 14.4 Å². The van der Waals surface area contributed by atoms with Gasteiger partial charge in [0.1, 0.15) is 0 Å². The van der Waals surface area contributed by atoms with Gasteiger partial charge in [0.25, 0.3) is 11.8 Å². The molecular formula is C25H25N5O5S. The second-order valence-electron chi connectivity index (χ2n) is 8.64. The molecule has 2 aromatic carbocycles. The summed E-state index contributed by atoms with van der Waals surface area (Å²) >= 11 is 0.940. The zero-order chi connectivity index (χ0) is 25.1. The Balaban J connectivity index is 1.13. The van der Waals surface area contributed by atoms with Gasteiger partial charge < -0.3 is 25.0 Å². The zero-order valence-corrected chi connectivity index (χ0v) is 20.4. The van der Waals surface area contributed by atoms with E-state index in [1.807, 2.05) is 37.3 Å². The van der Waals surface area contributed by atoms with Gasteiger partial charge in [-0.15, -0.1) is 10.2 Å². The molecule has 1 aromatic heterocycles. The fourth-order valence-electron chi connectivity index (χ4n) is 4.20. The molecule has 5 rings (SSSR count). The quantitative estimate of drug-likeness (QED) is 0.525. The van der Waals surface area contributed by atoms with Crippen molar-refractivity contribution in [3.8, 4) is 11.5 Å². The van der Waals surface area contributed by atoms with Crippen LogP contribution in [-0.4, -0.2) is 52.7 Å². The Hall–Kier alpha value is -3.99. The van der Waals surface area contributed by atoms with Crippen LogP contribution < -0.4 is 20.1 Å². The molecule has 186 valence electrons. The lowest BCUT2D eigenvalue weighted by atomic mass is 9.95. The second-order valence-corrected chi connectivity index (χ2v) is 9.62. The number of ether oxygens (including phenoxy) is 2. The third-order valence-corrected chi connectivity index (χ3v) is 7.15. The summed E-state index contributed by atoms with van der Waals surface area (Å²) in [4.78, 5) is 39.9. The lowest BCUT2D eigenvalue weighted by Gasteiger charge is -2.31. The topological polar surface area (TPSA) is 123 Å². The average Bonchev–Trinajstić information content (AvgIpc) is 3.59. The van der Waals surface area contributed by atoms with Crippen molar-refractivity contribution in [1.82, 2.24) is 20.4 Å². The van der Waals surface area contributed by atoms with Crippen molar-refractivity contribution in [1.29, 1.82) is 0 Å². The number of anilines is 1. The summed E-state index contributed by atoms with van der Waals surface area (Å²) in [5.41, 5.74) is 1.57. The highest BCUT2D eigenvalue weighted by atomic mass is 32.1. The summed E-state index contributed by atoms with van der Waals surface area (Å²) in [5, 5.41) is 13.9. The van der Waals surface area contributed by atoms with E-state index >= 15 is 0 Å². The van der Waals surface area contributed by atoms with E-state index in [4.69, 9.17) is 9.47 Å². The number of fused-ring (bicyclic) bond motifs is 1. The summed E-state index contributed by atoms with van der Waals surface area (Å²) in [5.74, 6) is 0.255. The predicted octanol–water partition coefficient (Wildman–Crippen LogP) is 3.25. The number of benzene rings is 2. The number of nitrogens with zero attached hydrogens (tertiary/aromatic N) is 3. The summed E-state index contributed by atoms with van der Waals surface area (Å²) in [7, 11) is 0. The Morgan fingerprint density at radius 3 is 2.50 bits per heavy atom. The third-order valence-electron chi connectivity index (χ3n) is 6.24. The van der Waals surface area contributed by atoms with Crippen molar-refractivity contribution in [3.63, 3.8) is 0 Å². The minimum Gasteiger partial charge on any atom is -0.454 e. The van der Waals surface area contributed by atoms with E-state index in [2.05, 4.69) is 20.8 Å². The van der Waals surface area contributed by atoms with Crippen LogP contribution in [0.15, 0.2) is 48.5 Å². The lowest BCUT2D eigenvalue weighted by Crippen LogP contribution is -2.43. The third kappa shape index (κ3) is 5.15. The molecule has 0 saturated carbocycles. The van der Waals surface area contributed by atoms with Crippen LogP contribution in [0.1, 0.15) is 51.0 Å². The number of likely N-dealkylation sites (tertiary alicyclic amines) is 1. The van der Waals surface area contributed by atoms with E-state index in [0.717, 1.165) is 16.9 Å². The van der Waals surface area contributed by atoms with E-state index in [1.54, 1.807) is 23.1 Å². The van der Waals surface area contributed by atoms with Crippen LogP contribution in [0.2, 0.25) is 0 Å². The molecule has 1 fully saturated rings. The van der Waals surface area contributed by atoms with E-state index in [0.29, 0.717) is 43.1 Å². The molecule has 3 aromatic rings. The molecule has 2 aliphatic rings. The van der Waals surface area contributed by atoms with Gasteiger partial charge in [-0.1, -0.05) is 41.7 Å². The van der Waals surface area contributed by atoms with Crippen molar-refractivity contribution in [2.24, 2.45) is 5.92 Å². The van der Waals surface area contributed by atoms with Gasteiger partial charge in [0.15, 0.2) is 11.5 Å². The molecule has 1 atom stereocenters. The second kappa shape index (κ2) is 10.3. The molecule has 0 bridgehead atoms. The van der Waals surface area contributed by atoms with Gasteiger partial charge in [0, 0.05) is 30.8 Å². The molecule has 0 unspecified atom stereocenters. The van der Waals surface area contributed by atoms with Gasteiger partial charge in [-0.3, -0.25) is 14.4 Å². The molecule has 2 aliphatic heterocycles. The first-order valence-electron chi connectivity index (χ1n) is 11.7. The van der Waals surface area contributed by atoms with E-state index < -0.39 is 5.91 Å². The maximum Gasteiger partial charge on any atom is 0.286 e. The van der Waals surface area contributed by atoms with Crippen LogP contribution in [0.4, 0.5) is 5.69 Å². The largest absolute Gasteiger partial charge is 0.454 e. The Morgan fingerprint density at radius 1 is 1.00 bits per heavy atom. The fraction of sp³-hybridized carbons (Fsp3) is 0.320. The minimum absolute atomic E-state index is 0.00292. The first-order chi connectivity index (χ1) is 17.5. The molecule has 11 heteroatoms. The molecule has 0 spiro atoms. The molecule has 2 N–H and O–H groups in total. The van der Waals surface area contributed by atoms with Gasteiger partial charge in [-0.05, 0) is 37.5 Å². The Morgan fingerprint density at radius 2 is 1.72 bits per heavy atom. The average molecular weight is 508 g/mol. The van der Waals surface area contributed by atoms with Gasteiger partial charge >= 0.3 is 0 Å². The summed E-state index contributed by atoms with van der Waals surface area (Å²) in [6.45, 7) is 2.98. The van der Waals surface area contributed by atoms with Gasteiger partial charge in [0.05, 0.1) is 6.04 Å². The summed E-state index contributed by atoms with van der Waals surface area (Å²) in [6, 6.07) is 14.8. The Bertz CT molecular complexity index is 1270. The number of hydrogen-bond acceptors (Lipinski definition) is 8. The lowest BCUT2D eigenvalue weighted by molar-refractivity contribution is -0.127. The maximum absolute atomic E-state index is 12.9. The summed E-state index contributed by atoms with van der Waals surface area (Å²) in [6.07, 6.45) is 1.13. The number of nitrogens with one attached hydrogen (secondary N) is 2. The van der Waals surface area contributed by atoms with E-state index in [1.165, 1.54) is 0 Å². The molecule has 36 heavy (non-hydrogen) atoms. The monoisotopic (exact) mass is 507 g/mol. The number of carbonyl (C=O) groups is 3. The Labute approximate surface area is 211 Å². The number of piperidine rings is 1. The predicted molar refractivity (Wildman–Crippen MR) is 132 cm³/mol. The number of rotatable bonds is 6. The van der Waals surface area contributed by atoms with Crippen LogP contribution in [0.3, 0.4) is 0 Å². The maximum atomic E-state index is 12.9. The first kappa shape index (κ1) is 23.7. The molecular weight excluding hydrogens is 482 g/mol. The van der Waals surface area contributed by atoms with Gasteiger partial charge in [-0.25, -0.2) is 0 Å². The molecule has 10 nitrogen and oxygen atoms in total. The molecule has 3 amide bonds. The SMILES string of the molecule is C[C@H](NC(=O)C1CCN(C(=O)c2nnc(C(=O)Nc3ccc4c(c3)OCO4)s2)CC1)c1ccccc1. The van der Waals surface area contributed by atoms with Crippen molar-refractivity contribution in [3.05, 3.63) is 64.1 Å². The van der Waals surface area contributed by atoms with Crippen molar-refractivity contribution < 1.29 is 23.9 Å². The molecule has 0 radical (unpaired) electrons. The minimum atomic E-state index is -0.465. The normalized spacial score (nSPS) is 15.9.